The minimum Gasteiger partial charge on any atom is -0.493 e. The highest BCUT2D eigenvalue weighted by Gasteiger charge is 2.03. The van der Waals surface area contributed by atoms with Crippen molar-refractivity contribution in [3.63, 3.8) is 0 Å². The predicted octanol–water partition coefficient (Wildman–Crippen LogP) is 1.87. The summed E-state index contributed by atoms with van der Waals surface area (Å²) in [4.78, 5) is 0. The number of rotatable bonds is 4. The second-order valence-corrected chi connectivity index (χ2v) is 3.61. The Kier molecular flexibility index (Phi) is 3.91. The molecule has 0 N–H and O–H groups in total. The highest BCUT2D eigenvalue weighted by molar-refractivity contribution is 5.80. The first-order valence-electron chi connectivity index (χ1n) is 5.56. The monoisotopic (exact) mass is 243 g/mol. The second kappa shape index (κ2) is 5.82. The summed E-state index contributed by atoms with van der Waals surface area (Å²) in [7, 11) is 3.23. The average Bonchev–Trinajstić information content (AvgIpc) is 2.45. The third-order valence-corrected chi connectivity index (χ3v) is 2.45. The molecule has 18 heavy (non-hydrogen) atoms. The van der Waals surface area contributed by atoms with Gasteiger partial charge in [-0.2, -0.15) is 0 Å². The first-order chi connectivity index (χ1) is 8.83. The molecule has 0 fully saturated rings. The van der Waals surface area contributed by atoms with Gasteiger partial charge in [0.25, 0.3) is 0 Å². The molecule has 0 atom stereocenters. The maximum Gasteiger partial charge on any atom is 0.202 e. The molecule has 0 spiro atoms. The van der Waals surface area contributed by atoms with Crippen LogP contribution in [0.5, 0.6) is 11.5 Å². The lowest BCUT2D eigenvalue weighted by atomic mass is 10.2. The Hall–Kier alpha value is -2.36. The number of ether oxygens (including phenoxy) is 2. The molecule has 0 aliphatic heterocycles. The van der Waals surface area contributed by atoms with E-state index in [4.69, 9.17) is 9.47 Å². The Morgan fingerprint density at radius 2 is 1.72 bits per heavy atom. The molecule has 4 nitrogen and oxygen atoms in total. The van der Waals surface area contributed by atoms with Gasteiger partial charge < -0.3 is 9.47 Å². The zero-order valence-corrected chi connectivity index (χ0v) is 10.4. The van der Waals surface area contributed by atoms with E-state index in [1.165, 1.54) is 0 Å². The van der Waals surface area contributed by atoms with E-state index in [9.17, 15) is 0 Å². The minimum absolute atomic E-state index is 0.694. The van der Waals surface area contributed by atoms with E-state index in [0.717, 1.165) is 5.56 Å². The maximum atomic E-state index is 5.24. The Morgan fingerprint density at radius 3 is 2.39 bits per heavy atom. The van der Waals surface area contributed by atoms with Crippen LogP contribution >= 0.6 is 0 Å². The Bertz CT molecular complexity index is 539. The van der Waals surface area contributed by atoms with Crippen molar-refractivity contribution < 1.29 is 14.1 Å². The smallest absolute Gasteiger partial charge is 0.202 e. The molecular weight excluding hydrogens is 228 g/mol. The van der Waals surface area contributed by atoms with E-state index in [0.29, 0.717) is 11.5 Å². The Balaban J connectivity index is 2.22. The van der Waals surface area contributed by atoms with Crippen LogP contribution < -0.4 is 14.1 Å². The van der Waals surface area contributed by atoms with Crippen molar-refractivity contribution >= 4 is 6.21 Å². The van der Waals surface area contributed by atoms with E-state index in [1.54, 1.807) is 25.1 Å². The molecule has 0 aliphatic carbocycles. The van der Waals surface area contributed by atoms with Gasteiger partial charge in [-0.15, -0.1) is 0 Å². The van der Waals surface area contributed by atoms with Gasteiger partial charge in [0.05, 0.1) is 14.2 Å². The lowest BCUT2D eigenvalue weighted by Gasteiger charge is -2.06. The van der Waals surface area contributed by atoms with Crippen molar-refractivity contribution in [1.29, 1.82) is 0 Å². The molecule has 92 valence electrons. The van der Waals surface area contributed by atoms with Crippen LogP contribution in [0.15, 0.2) is 53.9 Å². The van der Waals surface area contributed by atoms with Gasteiger partial charge in [0.2, 0.25) is 12.4 Å². The van der Waals surface area contributed by atoms with Crippen molar-refractivity contribution in [3.8, 4) is 11.5 Å². The van der Waals surface area contributed by atoms with Gasteiger partial charge in [0.1, 0.15) is 6.21 Å². The van der Waals surface area contributed by atoms with Gasteiger partial charge in [-0.25, -0.2) is 0 Å². The average molecular weight is 243 g/mol. The summed E-state index contributed by atoms with van der Waals surface area (Å²) in [6, 6.07) is 11.5. The van der Waals surface area contributed by atoms with Crippen LogP contribution in [0.1, 0.15) is 5.56 Å². The van der Waals surface area contributed by atoms with E-state index in [2.05, 4.69) is 5.10 Å². The standard InChI is InChI=1S/C14H15N2O2/c1-17-13-7-6-12(10-14(13)18-2)11-15-16-8-4-3-5-9-16/h3-11H,1-2H3/q+1/b15-11-. The van der Waals surface area contributed by atoms with E-state index in [1.807, 2.05) is 48.8 Å². The fraction of sp³-hybridized carbons (Fsp3) is 0.143. The lowest BCUT2D eigenvalue weighted by molar-refractivity contribution is -0.678. The SMILES string of the molecule is COc1ccc(/C=N\[n+]2ccccc2)cc1OC. The highest BCUT2D eigenvalue weighted by Crippen LogP contribution is 2.26. The predicted molar refractivity (Wildman–Crippen MR) is 69.2 cm³/mol. The molecule has 0 radical (unpaired) electrons. The first-order valence-corrected chi connectivity index (χ1v) is 5.56. The third-order valence-electron chi connectivity index (χ3n) is 2.45. The zero-order valence-electron chi connectivity index (χ0n) is 10.4. The van der Waals surface area contributed by atoms with Crippen LogP contribution in [-0.4, -0.2) is 20.4 Å². The second-order valence-electron chi connectivity index (χ2n) is 3.61. The summed E-state index contributed by atoms with van der Waals surface area (Å²) >= 11 is 0. The Labute approximate surface area is 106 Å². The number of benzene rings is 1. The van der Waals surface area contributed by atoms with Crippen molar-refractivity contribution in [1.82, 2.24) is 0 Å². The van der Waals surface area contributed by atoms with Crippen LogP contribution in [-0.2, 0) is 0 Å². The summed E-state index contributed by atoms with van der Waals surface area (Å²) in [5, 5.41) is 4.30. The third kappa shape index (κ3) is 2.85. The zero-order chi connectivity index (χ0) is 12.8. The van der Waals surface area contributed by atoms with Gasteiger partial charge in [0.15, 0.2) is 11.5 Å². The highest BCUT2D eigenvalue weighted by atomic mass is 16.5. The molecule has 0 aliphatic rings. The molecular formula is C14H15N2O2+. The van der Waals surface area contributed by atoms with Crippen LogP contribution in [0.4, 0.5) is 0 Å². The number of aromatic nitrogens is 1. The van der Waals surface area contributed by atoms with E-state index >= 15 is 0 Å². The van der Waals surface area contributed by atoms with Crippen molar-refractivity contribution in [3.05, 3.63) is 54.4 Å². The van der Waals surface area contributed by atoms with Crippen LogP contribution in [0.25, 0.3) is 0 Å². The molecule has 0 unspecified atom stereocenters. The molecule has 1 heterocycles. The van der Waals surface area contributed by atoms with Crippen LogP contribution in [0, 0.1) is 0 Å². The molecule has 2 rings (SSSR count). The molecule has 4 heteroatoms. The molecule has 0 amide bonds. The topological polar surface area (TPSA) is 34.7 Å². The van der Waals surface area contributed by atoms with Crippen molar-refractivity contribution in [2.75, 3.05) is 14.2 Å². The summed E-state index contributed by atoms with van der Waals surface area (Å²) in [5.74, 6) is 1.40. The Morgan fingerprint density at radius 1 is 1.00 bits per heavy atom. The maximum absolute atomic E-state index is 5.24. The largest absolute Gasteiger partial charge is 0.493 e. The first kappa shape index (κ1) is 12.1. The van der Waals surface area contributed by atoms with Gasteiger partial charge in [0, 0.05) is 17.7 Å². The summed E-state index contributed by atoms with van der Waals surface area (Å²) in [6.45, 7) is 0. The summed E-state index contributed by atoms with van der Waals surface area (Å²) < 4.78 is 12.1. The molecule has 0 saturated carbocycles. The van der Waals surface area contributed by atoms with Gasteiger partial charge in [-0.1, -0.05) is 10.7 Å². The van der Waals surface area contributed by atoms with E-state index < -0.39 is 0 Å². The molecule has 1 aromatic carbocycles. The number of methoxy groups -OCH3 is 2. The van der Waals surface area contributed by atoms with Crippen molar-refractivity contribution in [2.45, 2.75) is 0 Å². The summed E-state index contributed by atoms with van der Waals surface area (Å²) in [5.41, 5.74) is 0.948. The molecule has 1 aromatic heterocycles. The van der Waals surface area contributed by atoms with Crippen LogP contribution in [0.2, 0.25) is 0 Å². The summed E-state index contributed by atoms with van der Waals surface area (Å²) in [6.07, 6.45) is 5.51. The number of pyridine rings is 1. The number of hydrogen-bond donors (Lipinski definition) is 0. The fourth-order valence-electron chi connectivity index (χ4n) is 1.53. The van der Waals surface area contributed by atoms with Gasteiger partial charge in [-0.05, 0) is 23.3 Å². The number of hydrogen-bond acceptors (Lipinski definition) is 3. The minimum atomic E-state index is 0.694. The quantitative estimate of drug-likeness (QED) is 0.607. The fourth-order valence-corrected chi connectivity index (χ4v) is 1.53. The molecule has 0 saturated heterocycles. The van der Waals surface area contributed by atoms with Crippen molar-refractivity contribution in [2.24, 2.45) is 5.10 Å². The molecule has 2 aromatic rings. The molecule has 0 bridgehead atoms. The lowest BCUT2D eigenvalue weighted by Crippen LogP contribution is -2.25. The van der Waals surface area contributed by atoms with Gasteiger partial charge in [-0.3, -0.25) is 0 Å². The normalized spacial score (nSPS) is 10.6. The number of nitrogens with zero attached hydrogens (tertiary/aromatic N) is 2. The van der Waals surface area contributed by atoms with Crippen LogP contribution in [0.3, 0.4) is 0 Å². The van der Waals surface area contributed by atoms with E-state index in [-0.39, 0.29) is 0 Å². The van der Waals surface area contributed by atoms with Gasteiger partial charge >= 0.3 is 0 Å².